The number of fused-ring (bicyclic) bond motifs is 1. The minimum absolute atomic E-state index is 0.233. The highest BCUT2D eigenvalue weighted by molar-refractivity contribution is 5.85. The number of likely N-dealkylation sites (N-methyl/N-ethyl adjacent to an activating group) is 1. The summed E-state index contributed by atoms with van der Waals surface area (Å²) >= 11 is 0. The maximum Gasteiger partial charge on any atom is 0.222 e. The van der Waals surface area contributed by atoms with Gasteiger partial charge in [-0.1, -0.05) is 19.4 Å². The van der Waals surface area contributed by atoms with E-state index in [1.807, 2.05) is 26.2 Å². The predicted octanol–water partition coefficient (Wildman–Crippen LogP) is 2.58. The molecule has 9 heteroatoms. The van der Waals surface area contributed by atoms with Crippen molar-refractivity contribution in [3.63, 3.8) is 0 Å². The van der Waals surface area contributed by atoms with Crippen molar-refractivity contribution in [1.29, 1.82) is 0 Å². The molecule has 3 heterocycles. The fourth-order valence-electron chi connectivity index (χ4n) is 2.94. The van der Waals surface area contributed by atoms with Crippen molar-refractivity contribution in [3.05, 3.63) is 36.2 Å². The van der Waals surface area contributed by atoms with E-state index in [2.05, 4.69) is 43.8 Å². The summed E-state index contributed by atoms with van der Waals surface area (Å²) in [7, 11) is 2.00. The largest absolute Gasteiger partial charge is 0.444 e. The van der Waals surface area contributed by atoms with E-state index in [0.717, 1.165) is 37.4 Å². The highest BCUT2D eigenvalue weighted by atomic mass is 16.4. The van der Waals surface area contributed by atoms with E-state index in [1.54, 1.807) is 4.68 Å². The number of nitrogens with zero attached hydrogens (tertiary/aromatic N) is 6. The highest BCUT2D eigenvalue weighted by Crippen LogP contribution is 2.21. The number of nitrogens with one attached hydrogen (secondary N) is 1. The number of nitrogen functional groups attached to an aromatic ring is 1. The molecule has 0 unspecified atom stereocenters. The second-order valence-electron chi connectivity index (χ2n) is 6.87. The first-order valence-electron chi connectivity index (χ1n) is 9.49. The van der Waals surface area contributed by atoms with Crippen LogP contribution in [0, 0.1) is 6.92 Å². The predicted molar refractivity (Wildman–Crippen MR) is 110 cm³/mol. The lowest BCUT2D eigenvalue weighted by Gasteiger charge is -2.10. The van der Waals surface area contributed by atoms with Crippen LogP contribution >= 0.6 is 0 Å². The molecule has 0 bridgehead atoms. The average Bonchev–Trinajstić information content (AvgIpc) is 3.18. The number of aromatic nitrogens is 5. The minimum Gasteiger partial charge on any atom is -0.444 e. The third-order valence-electron chi connectivity index (χ3n) is 4.35. The van der Waals surface area contributed by atoms with Crippen LogP contribution in [0.15, 0.2) is 23.3 Å². The van der Waals surface area contributed by atoms with Gasteiger partial charge in [-0.25, -0.2) is 9.97 Å². The van der Waals surface area contributed by atoms with Crippen LogP contribution in [0.5, 0.6) is 0 Å². The number of oxazole rings is 1. The van der Waals surface area contributed by atoms with Gasteiger partial charge in [-0.3, -0.25) is 9.58 Å². The Morgan fingerprint density at radius 3 is 2.93 bits per heavy atom. The molecule has 0 aliphatic carbocycles. The lowest BCUT2D eigenvalue weighted by atomic mass is 10.3. The van der Waals surface area contributed by atoms with Crippen molar-refractivity contribution >= 4 is 22.8 Å². The summed E-state index contributed by atoms with van der Waals surface area (Å²) in [6.45, 7) is 10.5. The van der Waals surface area contributed by atoms with Gasteiger partial charge in [0.25, 0.3) is 0 Å². The molecular weight excluding hydrogens is 356 g/mol. The van der Waals surface area contributed by atoms with Crippen LogP contribution in [0.25, 0.3) is 11.0 Å². The second kappa shape index (κ2) is 8.83. The molecule has 28 heavy (non-hydrogen) atoms. The number of hydrogen-bond donors (Lipinski definition) is 2. The van der Waals surface area contributed by atoms with Crippen molar-refractivity contribution in [1.82, 2.24) is 29.6 Å². The van der Waals surface area contributed by atoms with Gasteiger partial charge in [-0.2, -0.15) is 10.1 Å². The third-order valence-corrected chi connectivity index (χ3v) is 4.35. The fourth-order valence-corrected chi connectivity index (χ4v) is 2.94. The van der Waals surface area contributed by atoms with Crippen molar-refractivity contribution in [2.75, 3.05) is 31.2 Å². The molecule has 0 atom stereocenters. The smallest absolute Gasteiger partial charge is 0.222 e. The van der Waals surface area contributed by atoms with Crippen LogP contribution in [0.4, 0.5) is 11.8 Å². The van der Waals surface area contributed by atoms with Gasteiger partial charge >= 0.3 is 0 Å². The second-order valence-corrected chi connectivity index (χ2v) is 6.87. The molecule has 0 radical (unpaired) electrons. The van der Waals surface area contributed by atoms with Crippen molar-refractivity contribution in [3.8, 4) is 0 Å². The van der Waals surface area contributed by atoms with Crippen LogP contribution < -0.4 is 11.1 Å². The molecule has 0 saturated carbocycles. The summed E-state index contributed by atoms with van der Waals surface area (Å²) < 4.78 is 7.60. The van der Waals surface area contributed by atoms with Gasteiger partial charge in [0, 0.05) is 13.1 Å². The van der Waals surface area contributed by atoms with E-state index in [9.17, 15) is 0 Å². The number of anilines is 2. The Labute approximate surface area is 164 Å². The topological polar surface area (TPSA) is 111 Å². The van der Waals surface area contributed by atoms with Gasteiger partial charge in [0.2, 0.25) is 11.8 Å². The van der Waals surface area contributed by atoms with Crippen LogP contribution in [0.1, 0.15) is 37.1 Å². The molecule has 0 fully saturated rings. The van der Waals surface area contributed by atoms with Gasteiger partial charge in [0.1, 0.15) is 17.0 Å². The van der Waals surface area contributed by atoms with Crippen LogP contribution in [0.3, 0.4) is 0 Å². The highest BCUT2D eigenvalue weighted by Gasteiger charge is 2.15. The Hall–Kier alpha value is -2.94. The Balaban J connectivity index is 1.80. The Kier molecular flexibility index (Phi) is 6.25. The number of nitrogens with two attached hydrogens (primary N) is 1. The molecule has 0 amide bonds. The molecule has 150 valence electrons. The molecule has 3 aromatic rings. The van der Waals surface area contributed by atoms with Crippen LogP contribution in [0.2, 0.25) is 0 Å². The normalized spacial score (nSPS) is 11.4. The summed E-state index contributed by atoms with van der Waals surface area (Å²) in [5.74, 6) is 2.36. The van der Waals surface area contributed by atoms with Crippen LogP contribution in [-0.2, 0) is 13.1 Å². The molecule has 3 rings (SSSR count). The standard InChI is InChI=1S/C19H28N8O/c1-5-7-8-21-18-17-15(23-19(20)24-18)11-27(25-17)10-14-13(3)28-16(22-14)12-26(4)9-6-2/h6,11H,2,5,7-10,12H2,1,3-4H3,(H3,20,21,23,24). The Morgan fingerprint density at radius 2 is 2.18 bits per heavy atom. The van der Waals surface area contributed by atoms with E-state index < -0.39 is 0 Å². The van der Waals surface area contributed by atoms with E-state index in [-0.39, 0.29) is 5.95 Å². The first-order chi connectivity index (χ1) is 13.5. The Bertz CT molecular complexity index is 945. The molecular formula is C19H28N8O. The van der Waals surface area contributed by atoms with Gasteiger partial charge < -0.3 is 15.5 Å². The van der Waals surface area contributed by atoms with E-state index in [1.165, 1.54) is 0 Å². The lowest BCUT2D eigenvalue weighted by molar-refractivity contribution is 0.311. The van der Waals surface area contributed by atoms with Gasteiger partial charge in [0.05, 0.1) is 19.3 Å². The molecule has 0 aliphatic rings. The zero-order chi connectivity index (χ0) is 20.1. The maximum absolute atomic E-state index is 5.85. The zero-order valence-electron chi connectivity index (χ0n) is 16.8. The van der Waals surface area contributed by atoms with Gasteiger partial charge in [-0.15, -0.1) is 6.58 Å². The first kappa shape index (κ1) is 19.8. The number of hydrogen-bond acceptors (Lipinski definition) is 8. The van der Waals surface area contributed by atoms with Crippen molar-refractivity contribution < 1.29 is 4.42 Å². The van der Waals surface area contributed by atoms with E-state index >= 15 is 0 Å². The fraction of sp³-hybridized carbons (Fsp3) is 0.474. The molecule has 0 aliphatic heterocycles. The summed E-state index contributed by atoms with van der Waals surface area (Å²) in [6.07, 6.45) is 5.86. The molecule has 0 spiro atoms. The lowest BCUT2D eigenvalue weighted by Crippen LogP contribution is -2.17. The van der Waals surface area contributed by atoms with Gasteiger partial charge in [0.15, 0.2) is 11.3 Å². The molecule has 9 nitrogen and oxygen atoms in total. The third kappa shape index (κ3) is 4.66. The minimum atomic E-state index is 0.233. The molecule has 0 saturated heterocycles. The van der Waals surface area contributed by atoms with Crippen molar-refractivity contribution in [2.45, 2.75) is 39.8 Å². The number of rotatable bonds is 10. The maximum atomic E-state index is 5.85. The summed E-state index contributed by atoms with van der Waals surface area (Å²) in [4.78, 5) is 15.3. The van der Waals surface area contributed by atoms with Crippen LogP contribution in [-0.4, -0.2) is 49.8 Å². The zero-order valence-corrected chi connectivity index (χ0v) is 16.8. The van der Waals surface area contributed by atoms with Crippen molar-refractivity contribution in [2.24, 2.45) is 0 Å². The first-order valence-corrected chi connectivity index (χ1v) is 9.49. The molecule has 0 aromatic carbocycles. The van der Waals surface area contributed by atoms with E-state index in [0.29, 0.717) is 35.8 Å². The quantitative estimate of drug-likeness (QED) is 0.405. The van der Waals surface area contributed by atoms with E-state index in [4.69, 9.17) is 10.2 Å². The molecule has 3 N–H and O–H groups in total. The number of aryl methyl sites for hydroxylation is 1. The summed E-state index contributed by atoms with van der Waals surface area (Å²) in [5.41, 5.74) is 8.11. The monoisotopic (exact) mass is 384 g/mol. The summed E-state index contributed by atoms with van der Waals surface area (Å²) in [5, 5.41) is 7.94. The SMILES string of the molecule is C=CCN(C)Cc1nc(Cn2cc3nc(N)nc(NCCCC)c3n2)c(C)o1. The number of unbranched alkanes of at least 4 members (excludes halogenated alkanes) is 1. The average molecular weight is 384 g/mol. The van der Waals surface area contributed by atoms with Gasteiger partial charge in [-0.05, 0) is 20.4 Å². The molecule has 3 aromatic heterocycles. The summed E-state index contributed by atoms with van der Waals surface area (Å²) in [6, 6.07) is 0. The Morgan fingerprint density at radius 1 is 1.36 bits per heavy atom.